The van der Waals surface area contributed by atoms with Gasteiger partial charge in [-0.25, -0.2) is 0 Å². The van der Waals surface area contributed by atoms with Gasteiger partial charge in [-0.1, -0.05) is 18.2 Å². The number of hydrogen-bond donors (Lipinski definition) is 0. The molecule has 2 aromatic rings. The Bertz CT molecular complexity index is 638. The van der Waals surface area contributed by atoms with E-state index in [1.54, 1.807) is 11.8 Å². The molecule has 4 heteroatoms. The molecule has 1 aliphatic heterocycles. The fourth-order valence-electron chi connectivity index (χ4n) is 2.95. The molecule has 3 rings (SSSR count). The summed E-state index contributed by atoms with van der Waals surface area (Å²) in [4.78, 5) is 18.8. The van der Waals surface area contributed by atoms with Crippen molar-refractivity contribution in [3.63, 3.8) is 0 Å². The van der Waals surface area contributed by atoms with E-state index in [4.69, 9.17) is 0 Å². The normalized spacial score (nSPS) is 19.4. The zero-order valence-corrected chi connectivity index (χ0v) is 14.6. The van der Waals surface area contributed by atoms with E-state index in [1.807, 2.05) is 36.5 Å². The van der Waals surface area contributed by atoms with Crippen molar-refractivity contribution >= 4 is 29.0 Å². The minimum Gasteiger partial charge on any atom is -0.334 e. The highest BCUT2D eigenvalue weighted by atomic mass is 32.2. The predicted octanol–water partition coefficient (Wildman–Crippen LogP) is 4.90. The van der Waals surface area contributed by atoms with Gasteiger partial charge in [0.25, 0.3) is 0 Å². The summed E-state index contributed by atoms with van der Waals surface area (Å²) in [5, 5.41) is -0.0379. The van der Waals surface area contributed by atoms with Crippen LogP contribution in [0.25, 0.3) is 0 Å². The summed E-state index contributed by atoms with van der Waals surface area (Å²) in [5.41, 5.74) is 0. The van der Waals surface area contributed by atoms with Crippen molar-refractivity contribution in [3.8, 4) is 0 Å². The summed E-state index contributed by atoms with van der Waals surface area (Å²) in [7, 11) is 0. The number of likely N-dealkylation sites (tertiary alicyclic amines) is 1. The van der Waals surface area contributed by atoms with Crippen LogP contribution in [0.1, 0.15) is 35.6 Å². The average molecular weight is 332 g/mol. The van der Waals surface area contributed by atoms with Crippen LogP contribution >= 0.6 is 23.1 Å². The number of thioether (sulfide) groups is 1. The van der Waals surface area contributed by atoms with Crippen LogP contribution in [-0.2, 0) is 4.79 Å². The van der Waals surface area contributed by atoms with Crippen LogP contribution in [-0.4, -0.2) is 22.6 Å². The maximum Gasteiger partial charge on any atom is 0.236 e. The second kappa shape index (κ2) is 6.88. The standard InChI is InChI=1S/C18H21NOS2/c1-13-10-11-17(21-13)16-9-6-12-19(16)18(20)14(2)22-15-7-4-3-5-8-15/h3-5,7-8,10-11,14,16H,6,9,12H2,1-2H3. The number of rotatable bonds is 4. The third kappa shape index (κ3) is 3.39. The van der Waals surface area contributed by atoms with Gasteiger partial charge in [0.2, 0.25) is 5.91 Å². The molecule has 116 valence electrons. The van der Waals surface area contributed by atoms with E-state index < -0.39 is 0 Å². The van der Waals surface area contributed by atoms with Crippen LogP contribution in [0.3, 0.4) is 0 Å². The van der Waals surface area contributed by atoms with E-state index in [0.717, 1.165) is 24.3 Å². The molecule has 0 N–H and O–H groups in total. The Morgan fingerprint density at radius 3 is 2.73 bits per heavy atom. The van der Waals surface area contributed by atoms with Gasteiger partial charge in [-0.15, -0.1) is 23.1 Å². The lowest BCUT2D eigenvalue weighted by molar-refractivity contribution is -0.131. The van der Waals surface area contributed by atoms with Crippen molar-refractivity contribution in [3.05, 3.63) is 52.2 Å². The first-order valence-electron chi connectivity index (χ1n) is 7.73. The minimum atomic E-state index is -0.0379. The molecule has 0 aliphatic carbocycles. The fourth-order valence-corrected chi connectivity index (χ4v) is 4.93. The van der Waals surface area contributed by atoms with Crippen molar-refractivity contribution in [2.24, 2.45) is 0 Å². The predicted molar refractivity (Wildman–Crippen MR) is 94.5 cm³/mol. The van der Waals surface area contributed by atoms with Gasteiger partial charge < -0.3 is 4.90 Å². The lowest BCUT2D eigenvalue weighted by Gasteiger charge is -2.26. The molecule has 2 atom stereocenters. The topological polar surface area (TPSA) is 20.3 Å². The minimum absolute atomic E-state index is 0.0379. The van der Waals surface area contributed by atoms with Gasteiger partial charge >= 0.3 is 0 Å². The first-order valence-corrected chi connectivity index (χ1v) is 9.43. The molecule has 0 bridgehead atoms. The number of thiophene rings is 1. The highest BCUT2D eigenvalue weighted by Gasteiger charge is 2.33. The van der Waals surface area contributed by atoms with E-state index in [2.05, 4.69) is 36.1 Å². The molecule has 0 spiro atoms. The molecule has 22 heavy (non-hydrogen) atoms. The number of nitrogens with zero attached hydrogens (tertiary/aromatic N) is 1. The molecule has 2 nitrogen and oxygen atoms in total. The number of benzene rings is 1. The first kappa shape index (κ1) is 15.6. The summed E-state index contributed by atoms with van der Waals surface area (Å²) >= 11 is 3.47. The molecule has 1 aliphatic rings. The quantitative estimate of drug-likeness (QED) is 0.743. The molecule has 0 radical (unpaired) electrons. The zero-order chi connectivity index (χ0) is 15.5. The largest absolute Gasteiger partial charge is 0.334 e. The number of hydrogen-bond acceptors (Lipinski definition) is 3. The first-order chi connectivity index (χ1) is 10.6. The molecule has 2 unspecified atom stereocenters. The number of carbonyl (C=O) groups is 1. The third-order valence-corrected chi connectivity index (χ3v) is 6.23. The fraction of sp³-hybridized carbons (Fsp3) is 0.389. The van der Waals surface area contributed by atoms with Crippen LogP contribution in [0.5, 0.6) is 0 Å². The average Bonchev–Trinajstić information content (AvgIpc) is 3.15. The molecule has 1 saturated heterocycles. The van der Waals surface area contributed by atoms with Crippen molar-refractivity contribution in [2.45, 2.75) is 42.9 Å². The Balaban J connectivity index is 1.70. The molecule has 0 saturated carbocycles. The second-order valence-corrected chi connectivity index (χ2v) is 8.44. The number of aryl methyl sites for hydroxylation is 1. The van der Waals surface area contributed by atoms with Crippen molar-refractivity contribution in [1.82, 2.24) is 4.90 Å². The van der Waals surface area contributed by atoms with Gasteiger partial charge in [-0.2, -0.15) is 0 Å². The molecule has 2 heterocycles. The Kier molecular flexibility index (Phi) is 4.89. The van der Waals surface area contributed by atoms with Gasteiger partial charge in [0.15, 0.2) is 0 Å². The highest BCUT2D eigenvalue weighted by Crippen LogP contribution is 2.37. The van der Waals surface area contributed by atoms with Crippen LogP contribution in [0.2, 0.25) is 0 Å². The number of carbonyl (C=O) groups excluding carboxylic acids is 1. The van der Waals surface area contributed by atoms with E-state index in [0.29, 0.717) is 0 Å². The zero-order valence-electron chi connectivity index (χ0n) is 13.0. The molecular weight excluding hydrogens is 310 g/mol. The highest BCUT2D eigenvalue weighted by molar-refractivity contribution is 8.00. The Labute approximate surface area is 140 Å². The molecule has 1 aromatic heterocycles. The van der Waals surface area contributed by atoms with E-state index in [-0.39, 0.29) is 17.2 Å². The summed E-state index contributed by atoms with van der Waals surface area (Å²) in [6, 6.07) is 14.8. The molecular formula is C18H21NOS2. The maximum absolute atomic E-state index is 12.8. The van der Waals surface area contributed by atoms with Gasteiger partial charge in [-0.05, 0) is 51.0 Å². The van der Waals surface area contributed by atoms with Crippen LogP contribution in [0.4, 0.5) is 0 Å². The van der Waals surface area contributed by atoms with Gasteiger partial charge in [-0.3, -0.25) is 4.79 Å². The van der Waals surface area contributed by atoms with Gasteiger partial charge in [0, 0.05) is 21.2 Å². The Morgan fingerprint density at radius 2 is 2.05 bits per heavy atom. The SMILES string of the molecule is Cc1ccc(C2CCCN2C(=O)C(C)Sc2ccccc2)s1. The van der Waals surface area contributed by atoms with Crippen molar-refractivity contribution < 1.29 is 4.79 Å². The summed E-state index contributed by atoms with van der Waals surface area (Å²) in [5.74, 6) is 0.266. The summed E-state index contributed by atoms with van der Waals surface area (Å²) in [6.45, 7) is 5.04. The van der Waals surface area contributed by atoms with E-state index in [1.165, 1.54) is 9.75 Å². The molecule has 1 aromatic carbocycles. The van der Waals surface area contributed by atoms with Gasteiger partial charge in [0.1, 0.15) is 0 Å². The Hall–Kier alpha value is -1.26. The van der Waals surface area contributed by atoms with E-state index >= 15 is 0 Å². The van der Waals surface area contributed by atoms with Gasteiger partial charge in [0.05, 0.1) is 11.3 Å². The van der Waals surface area contributed by atoms with E-state index in [9.17, 15) is 4.79 Å². The van der Waals surface area contributed by atoms with Crippen LogP contribution in [0.15, 0.2) is 47.4 Å². The third-order valence-electron chi connectivity index (χ3n) is 4.03. The van der Waals surface area contributed by atoms with Crippen LogP contribution < -0.4 is 0 Å². The maximum atomic E-state index is 12.8. The monoisotopic (exact) mass is 331 g/mol. The summed E-state index contributed by atoms with van der Waals surface area (Å²) in [6.07, 6.45) is 2.20. The lowest BCUT2D eigenvalue weighted by Crippen LogP contribution is -2.35. The Morgan fingerprint density at radius 1 is 1.27 bits per heavy atom. The van der Waals surface area contributed by atoms with Crippen molar-refractivity contribution in [2.75, 3.05) is 6.54 Å². The molecule has 1 amide bonds. The van der Waals surface area contributed by atoms with Crippen molar-refractivity contribution in [1.29, 1.82) is 0 Å². The lowest BCUT2D eigenvalue weighted by atomic mass is 10.2. The number of amides is 1. The molecule has 1 fully saturated rings. The van der Waals surface area contributed by atoms with Crippen LogP contribution in [0, 0.1) is 6.92 Å². The second-order valence-electron chi connectivity index (χ2n) is 5.71. The smallest absolute Gasteiger partial charge is 0.236 e. The summed E-state index contributed by atoms with van der Waals surface area (Å²) < 4.78 is 0.